The van der Waals surface area contributed by atoms with Crippen LogP contribution in [0.15, 0.2) is 35.0 Å². The van der Waals surface area contributed by atoms with Gasteiger partial charge in [-0.2, -0.15) is 0 Å². The molecule has 184 valence electrons. The highest BCUT2D eigenvalue weighted by Gasteiger charge is 2.30. The second kappa shape index (κ2) is 9.92. The molecule has 0 aliphatic rings. The van der Waals surface area contributed by atoms with Gasteiger partial charge in [0.2, 0.25) is 27.7 Å². The zero-order chi connectivity index (χ0) is 25.2. The molecule has 0 bridgehead atoms. The van der Waals surface area contributed by atoms with Crippen molar-refractivity contribution in [3.63, 3.8) is 0 Å². The molecule has 35 heavy (non-hydrogen) atoms. The SMILES string of the molecule is COc1cccc(OC)c1-n1c(NS(=O)(=O)[C@@H](C)Cc2ncc(P)cn2)nnc1-c1nnc(C)o1. The number of ether oxygens (including phenoxy) is 2. The van der Waals surface area contributed by atoms with E-state index >= 15 is 0 Å². The van der Waals surface area contributed by atoms with Crippen molar-refractivity contribution in [1.82, 2.24) is 34.9 Å². The lowest BCUT2D eigenvalue weighted by Gasteiger charge is -2.18. The van der Waals surface area contributed by atoms with Crippen molar-refractivity contribution in [1.29, 1.82) is 0 Å². The van der Waals surface area contributed by atoms with Crippen LogP contribution in [-0.4, -0.2) is 62.8 Å². The molecule has 15 heteroatoms. The molecule has 0 radical (unpaired) electrons. The average molecular weight is 518 g/mol. The molecule has 2 atom stereocenters. The summed E-state index contributed by atoms with van der Waals surface area (Å²) >= 11 is 0. The van der Waals surface area contributed by atoms with Crippen molar-refractivity contribution in [3.05, 3.63) is 42.3 Å². The van der Waals surface area contributed by atoms with Gasteiger partial charge in [0.25, 0.3) is 5.89 Å². The lowest BCUT2D eigenvalue weighted by atomic mass is 10.2. The molecule has 4 aromatic rings. The molecular formula is C20H23N8O5PS. The summed E-state index contributed by atoms with van der Waals surface area (Å²) in [5.74, 6) is 1.46. The molecule has 3 heterocycles. The molecule has 0 aliphatic heterocycles. The molecular weight excluding hydrogens is 495 g/mol. The van der Waals surface area contributed by atoms with E-state index in [9.17, 15) is 8.42 Å². The van der Waals surface area contributed by atoms with Crippen LogP contribution in [0.25, 0.3) is 17.4 Å². The Kier molecular flexibility index (Phi) is 6.94. The predicted molar refractivity (Wildman–Crippen MR) is 130 cm³/mol. The molecule has 3 aromatic heterocycles. The smallest absolute Gasteiger partial charge is 0.286 e. The van der Waals surface area contributed by atoms with Crippen LogP contribution in [0.5, 0.6) is 11.5 Å². The Bertz CT molecular complexity index is 1420. The first-order valence-electron chi connectivity index (χ1n) is 10.3. The van der Waals surface area contributed by atoms with Gasteiger partial charge in [0.1, 0.15) is 23.0 Å². The van der Waals surface area contributed by atoms with Crippen molar-refractivity contribution >= 4 is 30.5 Å². The quantitative estimate of drug-likeness (QED) is 0.318. The van der Waals surface area contributed by atoms with Crippen LogP contribution in [-0.2, 0) is 16.4 Å². The molecule has 1 N–H and O–H groups in total. The number of rotatable bonds is 9. The summed E-state index contributed by atoms with van der Waals surface area (Å²) in [5, 5.41) is 15.9. The Balaban J connectivity index is 1.79. The van der Waals surface area contributed by atoms with Gasteiger partial charge >= 0.3 is 0 Å². The minimum atomic E-state index is -3.96. The van der Waals surface area contributed by atoms with E-state index in [4.69, 9.17) is 13.9 Å². The summed E-state index contributed by atoms with van der Waals surface area (Å²) in [4.78, 5) is 8.35. The van der Waals surface area contributed by atoms with Crippen molar-refractivity contribution in [2.45, 2.75) is 25.5 Å². The van der Waals surface area contributed by atoms with Crippen molar-refractivity contribution in [3.8, 4) is 28.9 Å². The number of para-hydroxylation sites is 1. The van der Waals surface area contributed by atoms with E-state index in [1.807, 2.05) is 0 Å². The van der Waals surface area contributed by atoms with E-state index < -0.39 is 15.3 Å². The van der Waals surface area contributed by atoms with E-state index in [-0.39, 0.29) is 24.1 Å². The van der Waals surface area contributed by atoms with E-state index in [0.717, 1.165) is 5.30 Å². The fourth-order valence-corrected chi connectivity index (χ4v) is 4.31. The van der Waals surface area contributed by atoms with Gasteiger partial charge < -0.3 is 13.9 Å². The average Bonchev–Trinajstić information content (AvgIpc) is 3.45. The lowest BCUT2D eigenvalue weighted by Crippen LogP contribution is -2.29. The Morgan fingerprint density at radius 2 is 1.74 bits per heavy atom. The van der Waals surface area contributed by atoms with Crippen LogP contribution in [0.1, 0.15) is 18.6 Å². The van der Waals surface area contributed by atoms with E-state index in [2.05, 4.69) is 44.3 Å². The third-order valence-corrected chi connectivity index (χ3v) is 6.96. The topological polar surface area (TPSA) is 160 Å². The molecule has 0 fully saturated rings. The second-order valence-electron chi connectivity index (χ2n) is 7.41. The van der Waals surface area contributed by atoms with Crippen LogP contribution in [0.4, 0.5) is 5.95 Å². The molecule has 1 aromatic carbocycles. The van der Waals surface area contributed by atoms with Gasteiger partial charge in [-0.3, -0.25) is 4.72 Å². The first-order chi connectivity index (χ1) is 16.7. The van der Waals surface area contributed by atoms with Crippen molar-refractivity contribution < 1.29 is 22.3 Å². The third-order valence-electron chi connectivity index (χ3n) is 4.96. The van der Waals surface area contributed by atoms with Crippen LogP contribution in [0.2, 0.25) is 0 Å². The van der Waals surface area contributed by atoms with E-state index in [0.29, 0.717) is 28.9 Å². The van der Waals surface area contributed by atoms with Gasteiger partial charge in [-0.1, -0.05) is 6.07 Å². The first kappa shape index (κ1) is 24.5. The molecule has 4 rings (SSSR count). The maximum Gasteiger partial charge on any atom is 0.286 e. The van der Waals surface area contributed by atoms with Gasteiger partial charge in [-0.15, -0.1) is 29.6 Å². The molecule has 0 saturated carbocycles. The van der Waals surface area contributed by atoms with Crippen molar-refractivity contribution in [2.75, 3.05) is 18.9 Å². The summed E-state index contributed by atoms with van der Waals surface area (Å²) in [6, 6.07) is 5.11. The summed E-state index contributed by atoms with van der Waals surface area (Å²) in [6.07, 6.45) is 3.29. The second-order valence-corrected chi connectivity index (χ2v) is 10.2. The van der Waals surface area contributed by atoms with Crippen LogP contribution in [0, 0.1) is 6.92 Å². The normalized spacial score (nSPS) is 12.4. The number of benzene rings is 1. The monoisotopic (exact) mass is 518 g/mol. The summed E-state index contributed by atoms with van der Waals surface area (Å²) in [5.41, 5.74) is 0.345. The third kappa shape index (κ3) is 5.08. The zero-order valence-electron chi connectivity index (χ0n) is 19.3. The summed E-state index contributed by atoms with van der Waals surface area (Å²) in [6.45, 7) is 3.17. The molecule has 0 saturated heterocycles. The molecule has 0 aliphatic carbocycles. The van der Waals surface area contributed by atoms with Crippen molar-refractivity contribution in [2.24, 2.45) is 0 Å². The first-order valence-corrected chi connectivity index (χ1v) is 12.4. The van der Waals surface area contributed by atoms with Crippen LogP contribution >= 0.6 is 9.24 Å². The number of hydrogen-bond donors (Lipinski definition) is 1. The van der Waals surface area contributed by atoms with Gasteiger partial charge in [-0.25, -0.2) is 23.0 Å². The Morgan fingerprint density at radius 1 is 1.09 bits per heavy atom. The largest absolute Gasteiger partial charge is 0.494 e. The van der Waals surface area contributed by atoms with Gasteiger partial charge in [0, 0.05) is 31.0 Å². The maximum absolute atomic E-state index is 13.2. The number of hydrogen-bond acceptors (Lipinski definition) is 11. The van der Waals surface area contributed by atoms with E-state index in [1.165, 1.54) is 18.8 Å². The molecule has 0 amide bonds. The minimum absolute atomic E-state index is 0.0346. The minimum Gasteiger partial charge on any atom is -0.494 e. The number of anilines is 1. The van der Waals surface area contributed by atoms with Gasteiger partial charge in [-0.05, 0) is 19.1 Å². The number of methoxy groups -OCH3 is 2. The van der Waals surface area contributed by atoms with Crippen LogP contribution < -0.4 is 19.5 Å². The fraction of sp³-hybridized carbons (Fsp3) is 0.300. The summed E-state index contributed by atoms with van der Waals surface area (Å²) in [7, 11) is 1.47. The molecule has 0 spiro atoms. The number of sulfonamides is 1. The zero-order valence-corrected chi connectivity index (χ0v) is 21.3. The Morgan fingerprint density at radius 3 is 2.31 bits per heavy atom. The van der Waals surface area contributed by atoms with E-state index in [1.54, 1.807) is 44.4 Å². The Hall–Kier alpha value is -3.64. The molecule has 13 nitrogen and oxygen atoms in total. The maximum atomic E-state index is 13.2. The number of nitrogens with zero attached hydrogens (tertiary/aromatic N) is 7. The lowest BCUT2D eigenvalue weighted by molar-refractivity contribution is 0.391. The number of aryl methyl sites for hydroxylation is 1. The molecule has 1 unspecified atom stereocenters. The highest BCUT2D eigenvalue weighted by molar-refractivity contribution is 7.93. The van der Waals surface area contributed by atoms with Gasteiger partial charge in [0.05, 0.1) is 19.5 Å². The number of nitrogens with one attached hydrogen (secondary N) is 1. The van der Waals surface area contributed by atoms with Gasteiger partial charge in [0.15, 0.2) is 0 Å². The highest BCUT2D eigenvalue weighted by atomic mass is 32.2. The highest BCUT2D eigenvalue weighted by Crippen LogP contribution is 2.37. The van der Waals surface area contributed by atoms with Crippen LogP contribution in [0.3, 0.4) is 0 Å². The Labute approximate surface area is 203 Å². The summed E-state index contributed by atoms with van der Waals surface area (Å²) < 4.78 is 47.0. The number of aromatic nitrogens is 7. The fourth-order valence-electron chi connectivity index (χ4n) is 3.20. The predicted octanol–water partition coefficient (Wildman–Crippen LogP) is 1.31. The standard InChI is InChI=1S/C20H23N8O5PS/c1-11(8-16-21-9-13(34)10-22-16)35(29,30)27-20-26-24-18(19-25-23-12(2)33-19)28(20)17-14(31-3)6-5-7-15(17)32-4/h5-7,9-11H,8,34H2,1-4H3,(H,26,27)/t11-/m0/s1.